The Labute approximate surface area is 246 Å². The molecule has 1 unspecified atom stereocenters. The molecule has 0 aromatic rings. The van der Waals surface area contributed by atoms with E-state index in [-0.39, 0.29) is 98.2 Å². The number of hydrogen-bond acceptors (Lipinski definition) is 8. The van der Waals surface area contributed by atoms with Crippen molar-refractivity contribution < 1.29 is 105 Å². The first-order valence-corrected chi connectivity index (χ1v) is 12.4. The monoisotopic (exact) mass is 518 g/mol. The van der Waals surface area contributed by atoms with Crippen molar-refractivity contribution in [1.82, 2.24) is 0 Å². The van der Waals surface area contributed by atoms with Crippen LogP contribution in [0.4, 0.5) is 0 Å². The molecule has 4 N–H and O–H groups in total. The molecule has 0 aliphatic heterocycles. The molecule has 3 saturated carbocycles. The average molecular weight is 518 g/mol. The molecular formula is C22H33Na2O9P. The Morgan fingerprint density at radius 1 is 1.26 bits per heavy atom. The summed E-state index contributed by atoms with van der Waals surface area (Å²) in [5.41, 5.74) is -2.93. The normalized spacial score (nSPS) is 42.4. The van der Waals surface area contributed by atoms with Crippen molar-refractivity contribution in [2.75, 3.05) is 13.7 Å². The predicted octanol–water partition coefficient (Wildman–Crippen LogP) is -4.12. The number of carbonyl (C=O) groups excluding carboxylic acids is 2. The van der Waals surface area contributed by atoms with Gasteiger partial charge in [-0.05, 0) is 56.9 Å². The molecule has 0 heterocycles. The van der Waals surface area contributed by atoms with E-state index in [0.717, 1.165) is 12.7 Å². The smallest absolute Gasteiger partial charge is 1.00 e. The molecule has 4 rings (SSSR count). The second-order valence-electron chi connectivity index (χ2n) is 10.0. The number of hydrogen-bond donors (Lipinski definition) is 4. The summed E-state index contributed by atoms with van der Waals surface area (Å²) >= 11 is 0. The molecule has 0 radical (unpaired) electrons. The van der Waals surface area contributed by atoms with Crippen LogP contribution in [0, 0.1) is 28.6 Å². The van der Waals surface area contributed by atoms with Gasteiger partial charge >= 0.3 is 66.9 Å². The molecule has 0 saturated heterocycles. The van der Waals surface area contributed by atoms with Crippen LogP contribution in [0.2, 0.25) is 0 Å². The molecule has 0 amide bonds. The number of allylic oxidation sites excluding steroid dienone is 3. The van der Waals surface area contributed by atoms with Gasteiger partial charge in [-0.25, -0.2) is 4.57 Å². The second-order valence-corrected chi connectivity index (χ2v) is 11.5. The summed E-state index contributed by atoms with van der Waals surface area (Å²) in [6, 6.07) is 0. The molecule has 4 aliphatic carbocycles. The minimum Gasteiger partial charge on any atom is -1.00 e. The fraction of sp³-hybridized carbons (Fsp3) is 0.727. The van der Waals surface area contributed by atoms with Gasteiger partial charge in [-0.3, -0.25) is 19.0 Å². The number of fused-ring (bicyclic) bond motifs is 5. The number of ketones is 2. The van der Waals surface area contributed by atoms with Crippen LogP contribution in [0.3, 0.4) is 0 Å². The van der Waals surface area contributed by atoms with Gasteiger partial charge < -0.3 is 22.7 Å². The maximum atomic E-state index is 12.5. The van der Waals surface area contributed by atoms with Gasteiger partial charge in [0.1, 0.15) is 18.0 Å². The summed E-state index contributed by atoms with van der Waals surface area (Å²) < 4.78 is 22.1. The van der Waals surface area contributed by atoms with Crippen LogP contribution in [-0.4, -0.2) is 57.2 Å². The van der Waals surface area contributed by atoms with Crippen LogP contribution in [0.25, 0.3) is 0 Å². The number of phosphoric acid groups is 1. The van der Waals surface area contributed by atoms with E-state index in [4.69, 9.17) is 4.52 Å². The number of rotatable bonds is 5. The maximum Gasteiger partial charge on any atom is 1.00 e. The number of phosphoric ester groups is 1. The Balaban J connectivity index is 0.00000306. The van der Waals surface area contributed by atoms with Gasteiger partial charge in [0, 0.05) is 24.5 Å². The van der Waals surface area contributed by atoms with Gasteiger partial charge in [0.05, 0.1) is 11.5 Å². The third-order valence-electron chi connectivity index (χ3n) is 8.84. The maximum absolute atomic E-state index is 12.5. The Morgan fingerprint density at radius 2 is 1.91 bits per heavy atom. The summed E-state index contributed by atoms with van der Waals surface area (Å²) in [5.74, 6) is -1.71. The molecule has 0 aromatic carbocycles. The van der Waals surface area contributed by atoms with Crippen molar-refractivity contribution in [3.8, 4) is 0 Å². The topological polar surface area (TPSA) is 151 Å². The predicted molar refractivity (Wildman–Crippen MR) is 114 cm³/mol. The van der Waals surface area contributed by atoms with E-state index in [9.17, 15) is 34.4 Å². The van der Waals surface area contributed by atoms with Crippen molar-refractivity contribution in [3.63, 3.8) is 0 Å². The average Bonchev–Trinajstić information content (AvgIpc) is 2.99. The van der Waals surface area contributed by atoms with Crippen molar-refractivity contribution in [1.29, 1.82) is 0 Å². The summed E-state index contributed by atoms with van der Waals surface area (Å²) in [7, 11) is -3.42. The number of aliphatic hydroxyl groups excluding tert-OH is 2. The molecule has 12 heteroatoms. The van der Waals surface area contributed by atoms with E-state index in [0.29, 0.717) is 19.3 Å². The third kappa shape index (κ3) is 4.46. The first-order valence-electron chi connectivity index (χ1n) is 10.9. The number of carbonyl (C=O) groups is 2. The minimum atomic E-state index is -4.46. The summed E-state index contributed by atoms with van der Waals surface area (Å²) in [4.78, 5) is 34.8. The fourth-order valence-electron chi connectivity index (χ4n) is 7.28. The summed E-state index contributed by atoms with van der Waals surface area (Å²) in [5, 5.41) is 32.1. The zero-order valence-corrected chi connectivity index (χ0v) is 25.4. The van der Waals surface area contributed by atoms with Crippen LogP contribution < -0.4 is 59.1 Å². The van der Waals surface area contributed by atoms with Crippen LogP contribution >= 0.6 is 7.82 Å². The van der Waals surface area contributed by atoms with Gasteiger partial charge in [-0.2, -0.15) is 0 Å². The molecule has 34 heavy (non-hydrogen) atoms. The number of Topliss-reactive ketones (excluding diaryl/α,β-unsaturated/α-hetero) is 1. The molecule has 4 aliphatic rings. The van der Waals surface area contributed by atoms with E-state index < -0.39 is 48.7 Å². The molecule has 182 valence electrons. The quantitative estimate of drug-likeness (QED) is 0.210. The Bertz CT molecular complexity index is 979. The van der Waals surface area contributed by atoms with E-state index >= 15 is 0 Å². The molecular weight excluding hydrogens is 485 g/mol. The molecule has 0 aromatic heterocycles. The van der Waals surface area contributed by atoms with E-state index in [2.05, 4.69) is 4.52 Å². The standard InChI is InChI=1S/C22H31O9P.2Na.2H/c1-20-10-16(25)19-14(15(20)6-7-22(20,27)17(26)11-23)5-4-12-8-13(24)9-18(21(12,19)2)31-32(28,29)30-3;;;;/h8-9,14-16,19,23,25,27H,4-7,10-11H2,1-3H3,(H,28,29);;;;/q;2*+1;2*-1/t14-,15-,16-,19+,20-,21+,22-;;;;/m0..../s1. The minimum absolute atomic E-state index is 0. The molecule has 8 atom stereocenters. The number of aliphatic hydroxyl groups is 3. The van der Waals surface area contributed by atoms with Gasteiger partial charge in [0.25, 0.3) is 0 Å². The SMILES string of the molecule is COP(=O)(O)OC1=CC(=O)C=C2CC[C@@H]3[C@H]([C@@H](O)C[C@@]4(C)[C@H]3CC[C@]4(O)C(=O)CO)[C@]21C.[H-].[H-].[Na+].[Na+]. The van der Waals surface area contributed by atoms with Crippen LogP contribution in [0.1, 0.15) is 48.8 Å². The Morgan fingerprint density at radius 3 is 2.50 bits per heavy atom. The van der Waals surface area contributed by atoms with Gasteiger partial charge in [0.2, 0.25) is 0 Å². The molecule has 3 fully saturated rings. The van der Waals surface area contributed by atoms with Crippen molar-refractivity contribution in [3.05, 3.63) is 23.5 Å². The van der Waals surface area contributed by atoms with Crippen molar-refractivity contribution >= 4 is 19.4 Å². The first-order chi connectivity index (χ1) is 14.8. The fourth-order valence-corrected chi connectivity index (χ4v) is 7.84. The van der Waals surface area contributed by atoms with Crippen LogP contribution in [-0.2, 0) is 23.2 Å². The summed E-state index contributed by atoms with van der Waals surface area (Å²) in [6.07, 6.45) is 3.71. The first kappa shape index (κ1) is 30.9. The largest absolute Gasteiger partial charge is 1.00 e. The zero-order valence-electron chi connectivity index (χ0n) is 22.5. The van der Waals surface area contributed by atoms with Crippen molar-refractivity contribution in [2.45, 2.75) is 57.7 Å². The van der Waals surface area contributed by atoms with Crippen LogP contribution in [0.15, 0.2) is 23.5 Å². The van der Waals surface area contributed by atoms with Crippen LogP contribution in [0.5, 0.6) is 0 Å². The van der Waals surface area contributed by atoms with Crippen molar-refractivity contribution in [2.24, 2.45) is 28.6 Å². The van der Waals surface area contributed by atoms with Gasteiger partial charge in [0.15, 0.2) is 11.6 Å². The molecule has 0 bridgehead atoms. The Hall–Kier alpha value is 0.650. The van der Waals surface area contributed by atoms with E-state index in [1.807, 2.05) is 0 Å². The third-order valence-corrected chi connectivity index (χ3v) is 9.73. The zero-order chi connectivity index (χ0) is 23.7. The van der Waals surface area contributed by atoms with E-state index in [1.54, 1.807) is 13.8 Å². The van der Waals surface area contributed by atoms with E-state index in [1.165, 1.54) is 12.2 Å². The Kier molecular flexibility index (Phi) is 9.47. The van der Waals surface area contributed by atoms with Gasteiger partial charge in [-0.15, -0.1) is 0 Å². The summed E-state index contributed by atoms with van der Waals surface area (Å²) in [6.45, 7) is 2.84. The van der Waals surface area contributed by atoms with Gasteiger partial charge in [-0.1, -0.05) is 12.5 Å². The molecule has 9 nitrogen and oxygen atoms in total. The molecule has 0 spiro atoms. The second kappa shape index (κ2) is 10.4.